The average Bonchev–Trinajstić information content (AvgIpc) is 3.48. The molecular formula is C28H27F4N3O. The van der Waals surface area contributed by atoms with E-state index >= 15 is 0 Å². The van der Waals surface area contributed by atoms with Crippen LogP contribution in [0.2, 0.25) is 0 Å². The Labute approximate surface area is 207 Å². The van der Waals surface area contributed by atoms with E-state index in [-0.39, 0.29) is 23.1 Å². The molecule has 4 nitrogen and oxygen atoms in total. The van der Waals surface area contributed by atoms with Gasteiger partial charge in [-0.2, -0.15) is 13.2 Å². The summed E-state index contributed by atoms with van der Waals surface area (Å²) >= 11 is 0. The predicted octanol–water partition coefficient (Wildman–Crippen LogP) is 6.55. The summed E-state index contributed by atoms with van der Waals surface area (Å²) < 4.78 is 53.4. The molecule has 3 heterocycles. The Morgan fingerprint density at radius 2 is 1.83 bits per heavy atom. The zero-order valence-corrected chi connectivity index (χ0v) is 20.2. The van der Waals surface area contributed by atoms with Crippen LogP contribution < -0.4 is 0 Å². The summed E-state index contributed by atoms with van der Waals surface area (Å²) in [6, 6.07) is 10.8. The summed E-state index contributed by atoms with van der Waals surface area (Å²) in [6.45, 7) is 4.22. The van der Waals surface area contributed by atoms with Crippen molar-refractivity contribution in [3.05, 3.63) is 82.7 Å². The number of aromatic nitrogens is 2. The quantitative estimate of drug-likeness (QED) is 0.376. The van der Waals surface area contributed by atoms with Crippen molar-refractivity contribution < 1.29 is 22.4 Å². The molecule has 2 aromatic heterocycles. The van der Waals surface area contributed by atoms with Crippen molar-refractivity contribution in [3.8, 4) is 11.1 Å². The smallest absolute Gasteiger partial charge is 0.334 e. The van der Waals surface area contributed by atoms with E-state index < -0.39 is 17.6 Å². The second kappa shape index (κ2) is 8.98. The van der Waals surface area contributed by atoms with Crippen LogP contribution in [0.5, 0.6) is 0 Å². The van der Waals surface area contributed by atoms with Crippen LogP contribution in [0.4, 0.5) is 17.6 Å². The molecule has 2 aliphatic rings. The van der Waals surface area contributed by atoms with Gasteiger partial charge in [0.15, 0.2) is 0 Å². The summed E-state index contributed by atoms with van der Waals surface area (Å²) in [5, 5.41) is 0. The largest absolute Gasteiger partial charge is 0.417 e. The molecule has 1 aliphatic carbocycles. The summed E-state index contributed by atoms with van der Waals surface area (Å²) in [4.78, 5) is 24.2. The monoisotopic (exact) mass is 497 g/mol. The van der Waals surface area contributed by atoms with Crippen LogP contribution in [0, 0.1) is 25.1 Å². The molecule has 36 heavy (non-hydrogen) atoms. The number of pyridine rings is 2. The maximum atomic E-state index is 14.8. The van der Waals surface area contributed by atoms with Gasteiger partial charge in [0.2, 0.25) is 0 Å². The zero-order chi connectivity index (χ0) is 25.7. The maximum Gasteiger partial charge on any atom is 0.417 e. The number of carbonyl (C=O) groups excluding carboxylic acids is 1. The van der Waals surface area contributed by atoms with Crippen LogP contribution in [0.25, 0.3) is 11.1 Å². The van der Waals surface area contributed by atoms with Crippen LogP contribution in [-0.4, -0.2) is 33.4 Å². The molecule has 0 bridgehead atoms. The SMILES string of the molecule is Cc1ccc(-c2ccc(C)nc2C(=O)N2CC3(CC3)C[C@H]2CCc2ccc(C(F)(F)F)cn2)c(F)c1. The van der Waals surface area contributed by atoms with Gasteiger partial charge in [-0.15, -0.1) is 0 Å². The number of carbonyl (C=O) groups is 1. The van der Waals surface area contributed by atoms with Gasteiger partial charge >= 0.3 is 6.18 Å². The molecule has 2 fully saturated rings. The third-order valence-electron chi connectivity index (χ3n) is 7.37. The first-order valence-electron chi connectivity index (χ1n) is 12.1. The zero-order valence-electron chi connectivity index (χ0n) is 20.2. The second-order valence-corrected chi connectivity index (χ2v) is 10.2. The van der Waals surface area contributed by atoms with E-state index in [1.807, 2.05) is 11.8 Å². The van der Waals surface area contributed by atoms with Gasteiger partial charge in [0.1, 0.15) is 11.5 Å². The van der Waals surface area contributed by atoms with Gasteiger partial charge in [0, 0.05) is 41.3 Å². The van der Waals surface area contributed by atoms with E-state index in [1.165, 1.54) is 12.1 Å². The predicted molar refractivity (Wildman–Crippen MR) is 128 cm³/mol. The Morgan fingerprint density at radius 3 is 2.47 bits per heavy atom. The summed E-state index contributed by atoms with van der Waals surface area (Å²) in [6.07, 6.45) is 0.427. The normalized spacial score (nSPS) is 18.6. The first kappa shape index (κ1) is 24.4. The first-order chi connectivity index (χ1) is 17.0. The molecule has 0 unspecified atom stereocenters. The van der Waals surface area contributed by atoms with E-state index in [2.05, 4.69) is 9.97 Å². The van der Waals surface area contributed by atoms with E-state index in [9.17, 15) is 22.4 Å². The molecular weight excluding hydrogens is 470 g/mol. The third-order valence-corrected chi connectivity index (χ3v) is 7.37. The molecule has 8 heteroatoms. The van der Waals surface area contributed by atoms with Gasteiger partial charge < -0.3 is 4.90 Å². The Bertz CT molecular complexity index is 1300. The number of hydrogen-bond acceptors (Lipinski definition) is 3. The van der Waals surface area contributed by atoms with Crippen molar-refractivity contribution in [1.29, 1.82) is 0 Å². The number of nitrogens with zero attached hydrogens (tertiary/aromatic N) is 3. The molecule has 1 saturated heterocycles. The van der Waals surface area contributed by atoms with Crippen LogP contribution in [0.1, 0.15) is 58.7 Å². The fourth-order valence-electron chi connectivity index (χ4n) is 5.17. The maximum absolute atomic E-state index is 14.8. The Balaban J connectivity index is 1.40. The van der Waals surface area contributed by atoms with E-state index in [0.717, 1.165) is 37.1 Å². The van der Waals surface area contributed by atoms with Crippen LogP contribution in [-0.2, 0) is 12.6 Å². The minimum Gasteiger partial charge on any atom is -0.334 e. The highest BCUT2D eigenvalue weighted by molar-refractivity contribution is 5.99. The summed E-state index contributed by atoms with van der Waals surface area (Å²) in [5.74, 6) is -0.637. The van der Waals surface area contributed by atoms with E-state index in [1.54, 1.807) is 31.2 Å². The highest BCUT2D eigenvalue weighted by Gasteiger charge is 2.53. The molecule has 0 N–H and O–H groups in total. The minimum absolute atomic E-state index is 0.0814. The van der Waals surface area contributed by atoms with Gasteiger partial charge in [0.05, 0.1) is 5.56 Å². The highest BCUT2D eigenvalue weighted by atomic mass is 19.4. The molecule has 3 aromatic rings. The number of benzene rings is 1. The number of alkyl halides is 3. The molecule has 1 saturated carbocycles. The number of hydrogen-bond donors (Lipinski definition) is 0. The fraction of sp³-hybridized carbons (Fsp3) is 0.393. The molecule has 1 atom stereocenters. The molecule has 1 amide bonds. The number of rotatable bonds is 5. The van der Waals surface area contributed by atoms with Gasteiger partial charge in [0.25, 0.3) is 5.91 Å². The average molecular weight is 498 g/mol. The number of amides is 1. The van der Waals surface area contributed by atoms with Crippen molar-refractivity contribution >= 4 is 5.91 Å². The lowest BCUT2D eigenvalue weighted by atomic mass is 9.99. The van der Waals surface area contributed by atoms with Crippen molar-refractivity contribution in [2.45, 2.75) is 58.2 Å². The van der Waals surface area contributed by atoms with Gasteiger partial charge in [-0.05, 0) is 81.2 Å². The van der Waals surface area contributed by atoms with Gasteiger partial charge in [-0.1, -0.05) is 18.2 Å². The Kier molecular flexibility index (Phi) is 6.09. The molecule has 188 valence electrons. The molecule has 5 rings (SSSR count). The Hall–Kier alpha value is -3.29. The van der Waals surface area contributed by atoms with Gasteiger partial charge in [-0.25, -0.2) is 9.37 Å². The molecule has 1 spiro atoms. The van der Waals surface area contributed by atoms with Crippen LogP contribution in [0.15, 0.2) is 48.7 Å². The lowest BCUT2D eigenvalue weighted by Crippen LogP contribution is -2.37. The third kappa shape index (κ3) is 4.86. The highest BCUT2D eigenvalue weighted by Crippen LogP contribution is 2.55. The second-order valence-electron chi connectivity index (χ2n) is 10.2. The van der Waals surface area contributed by atoms with Crippen LogP contribution >= 0.6 is 0 Å². The molecule has 0 radical (unpaired) electrons. The minimum atomic E-state index is -4.42. The Morgan fingerprint density at radius 1 is 1.08 bits per heavy atom. The number of aryl methyl sites for hydroxylation is 3. The molecule has 1 aliphatic heterocycles. The topological polar surface area (TPSA) is 46.1 Å². The molecule has 1 aromatic carbocycles. The van der Waals surface area contributed by atoms with Crippen LogP contribution in [0.3, 0.4) is 0 Å². The van der Waals surface area contributed by atoms with Crippen molar-refractivity contribution in [3.63, 3.8) is 0 Å². The number of halogens is 4. The lowest BCUT2D eigenvalue weighted by Gasteiger charge is -2.25. The number of likely N-dealkylation sites (tertiary alicyclic amines) is 1. The van der Waals surface area contributed by atoms with E-state index in [4.69, 9.17) is 0 Å². The summed E-state index contributed by atoms with van der Waals surface area (Å²) in [5.41, 5.74) is 2.37. The fourth-order valence-corrected chi connectivity index (χ4v) is 5.17. The standard InChI is InChI=1S/C28H27F4N3O/c1-17-3-9-22(24(29)13-17)23-10-4-18(2)34-25(23)26(36)35-16-27(11-12-27)14-21(35)8-7-20-6-5-19(15-33-20)28(30,31)32/h3-6,9-10,13,15,21H,7-8,11-12,14,16H2,1-2H3/t21-/m1/s1. The van der Waals surface area contributed by atoms with Gasteiger partial charge in [-0.3, -0.25) is 9.78 Å². The van der Waals surface area contributed by atoms with E-state index in [0.29, 0.717) is 41.9 Å². The van der Waals surface area contributed by atoms with Crippen molar-refractivity contribution in [2.24, 2.45) is 5.41 Å². The first-order valence-corrected chi connectivity index (χ1v) is 12.1. The summed E-state index contributed by atoms with van der Waals surface area (Å²) in [7, 11) is 0. The van der Waals surface area contributed by atoms with Crippen molar-refractivity contribution in [1.82, 2.24) is 14.9 Å². The lowest BCUT2D eigenvalue weighted by molar-refractivity contribution is -0.137. The van der Waals surface area contributed by atoms with Crippen molar-refractivity contribution in [2.75, 3.05) is 6.54 Å².